The minimum Gasteiger partial charge on any atom is -0.346 e. The average molecular weight is 207 g/mol. The van der Waals surface area contributed by atoms with Crippen molar-refractivity contribution in [3.63, 3.8) is 0 Å². The minimum atomic E-state index is -0.272. The van der Waals surface area contributed by atoms with Gasteiger partial charge in [-0.15, -0.1) is 0 Å². The molecular weight excluding hydrogens is 193 g/mol. The molecule has 0 aliphatic rings. The molecule has 1 aromatic rings. The minimum absolute atomic E-state index is 0.116. The largest absolute Gasteiger partial charge is 0.346 e. The van der Waals surface area contributed by atoms with Gasteiger partial charge in [-0.2, -0.15) is 0 Å². The Morgan fingerprint density at radius 3 is 2.53 bits per heavy atom. The lowest BCUT2D eigenvalue weighted by Crippen LogP contribution is -2.24. The molecule has 0 radical (unpaired) electrons. The van der Waals surface area contributed by atoms with E-state index in [1.165, 1.54) is 18.2 Å². The number of nitrogens with one attached hydrogen (secondary N) is 1. The highest BCUT2D eigenvalue weighted by molar-refractivity contribution is 5.87. The van der Waals surface area contributed by atoms with Gasteiger partial charge in [0.1, 0.15) is 5.82 Å². The predicted molar refractivity (Wildman–Crippen MR) is 57.8 cm³/mol. The fraction of sp³-hybridized carbons (Fsp3) is 0.250. The molecule has 0 bridgehead atoms. The predicted octanol–water partition coefficient (Wildman–Crippen LogP) is 2.58. The topological polar surface area (TPSA) is 29.1 Å². The molecule has 0 saturated heterocycles. The maximum Gasteiger partial charge on any atom is 0.244 e. The number of hydrogen-bond donors (Lipinski definition) is 1. The molecule has 1 atom stereocenters. The summed E-state index contributed by atoms with van der Waals surface area (Å²) in [7, 11) is 0. The van der Waals surface area contributed by atoms with Crippen molar-refractivity contribution in [2.75, 3.05) is 0 Å². The van der Waals surface area contributed by atoms with Gasteiger partial charge in [-0.3, -0.25) is 4.79 Å². The molecule has 1 rings (SSSR count). The summed E-state index contributed by atoms with van der Waals surface area (Å²) < 4.78 is 12.6. The quantitative estimate of drug-likeness (QED) is 0.758. The van der Waals surface area contributed by atoms with Crippen LogP contribution in [0.1, 0.15) is 25.5 Å². The third-order valence-corrected chi connectivity index (χ3v) is 2.05. The van der Waals surface area contributed by atoms with E-state index in [4.69, 9.17) is 0 Å². The van der Waals surface area contributed by atoms with Gasteiger partial charge in [-0.1, -0.05) is 18.2 Å². The van der Waals surface area contributed by atoms with Crippen LogP contribution < -0.4 is 5.32 Å². The highest BCUT2D eigenvalue weighted by Gasteiger charge is 2.06. The van der Waals surface area contributed by atoms with Crippen LogP contribution in [0.2, 0.25) is 0 Å². The maximum absolute atomic E-state index is 12.6. The second-order valence-electron chi connectivity index (χ2n) is 3.28. The van der Waals surface area contributed by atoms with Crippen LogP contribution in [0.15, 0.2) is 36.4 Å². The number of hydrogen-bond acceptors (Lipinski definition) is 1. The average Bonchev–Trinajstić information content (AvgIpc) is 2.18. The summed E-state index contributed by atoms with van der Waals surface area (Å²) in [5, 5.41) is 2.77. The Morgan fingerprint density at radius 1 is 1.40 bits per heavy atom. The van der Waals surface area contributed by atoms with Crippen LogP contribution in [0, 0.1) is 5.82 Å². The second kappa shape index (κ2) is 5.29. The Morgan fingerprint density at radius 2 is 2.00 bits per heavy atom. The third kappa shape index (κ3) is 3.54. The van der Waals surface area contributed by atoms with Gasteiger partial charge in [-0.05, 0) is 37.6 Å². The van der Waals surface area contributed by atoms with Crippen LogP contribution in [-0.4, -0.2) is 5.91 Å². The van der Waals surface area contributed by atoms with Crippen molar-refractivity contribution in [2.24, 2.45) is 0 Å². The van der Waals surface area contributed by atoms with Crippen molar-refractivity contribution in [1.82, 2.24) is 5.32 Å². The van der Waals surface area contributed by atoms with Crippen LogP contribution in [-0.2, 0) is 4.79 Å². The summed E-state index contributed by atoms with van der Waals surface area (Å²) in [6, 6.07) is 5.97. The number of carbonyl (C=O) groups excluding carboxylic acids is 1. The number of halogens is 1. The van der Waals surface area contributed by atoms with Crippen LogP contribution in [0.25, 0.3) is 0 Å². The monoisotopic (exact) mass is 207 g/mol. The number of amides is 1. The van der Waals surface area contributed by atoms with E-state index in [9.17, 15) is 9.18 Å². The first kappa shape index (κ1) is 11.4. The molecule has 1 aromatic carbocycles. The lowest BCUT2D eigenvalue weighted by molar-refractivity contribution is -0.117. The Hall–Kier alpha value is -1.64. The zero-order valence-electron chi connectivity index (χ0n) is 8.83. The molecule has 1 amide bonds. The molecular formula is C12H14FNO. The van der Waals surface area contributed by atoms with Crippen LogP contribution >= 0.6 is 0 Å². The zero-order valence-corrected chi connectivity index (χ0v) is 8.83. The fourth-order valence-electron chi connectivity index (χ4n) is 1.25. The standard InChI is InChI=1S/C12H14FNO/c1-3-4-12(15)14-9(2)10-5-7-11(13)8-6-10/h3-9H,1-2H3,(H,14,15)/b4-3+/t9-/m0/s1. The van der Waals surface area contributed by atoms with E-state index < -0.39 is 0 Å². The summed E-state index contributed by atoms with van der Waals surface area (Å²) in [6.07, 6.45) is 3.13. The van der Waals surface area contributed by atoms with E-state index in [2.05, 4.69) is 5.32 Å². The smallest absolute Gasteiger partial charge is 0.244 e. The van der Waals surface area contributed by atoms with E-state index in [-0.39, 0.29) is 17.8 Å². The Kier molecular flexibility index (Phi) is 4.03. The molecule has 1 N–H and O–H groups in total. The number of rotatable bonds is 3. The summed E-state index contributed by atoms with van der Waals surface area (Å²) >= 11 is 0. The lowest BCUT2D eigenvalue weighted by atomic mass is 10.1. The van der Waals surface area contributed by atoms with Crippen molar-refractivity contribution < 1.29 is 9.18 Å². The molecule has 0 heterocycles. The van der Waals surface area contributed by atoms with Gasteiger partial charge in [0.2, 0.25) is 5.91 Å². The maximum atomic E-state index is 12.6. The van der Waals surface area contributed by atoms with E-state index in [1.807, 2.05) is 6.92 Å². The van der Waals surface area contributed by atoms with Gasteiger partial charge in [-0.25, -0.2) is 4.39 Å². The van der Waals surface area contributed by atoms with Crippen molar-refractivity contribution in [3.8, 4) is 0 Å². The highest BCUT2D eigenvalue weighted by Crippen LogP contribution is 2.12. The van der Waals surface area contributed by atoms with E-state index in [0.717, 1.165) is 5.56 Å². The molecule has 0 aromatic heterocycles. The van der Waals surface area contributed by atoms with Crippen molar-refractivity contribution in [2.45, 2.75) is 19.9 Å². The summed E-state index contributed by atoms with van der Waals surface area (Å²) in [4.78, 5) is 11.2. The Bertz CT molecular complexity index is 356. The zero-order chi connectivity index (χ0) is 11.3. The third-order valence-electron chi connectivity index (χ3n) is 2.05. The molecule has 0 fully saturated rings. The lowest BCUT2D eigenvalue weighted by Gasteiger charge is -2.12. The van der Waals surface area contributed by atoms with Crippen molar-refractivity contribution in [1.29, 1.82) is 0 Å². The molecule has 0 spiro atoms. The number of carbonyl (C=O) groups is 1. The van der Waals surface area contributed by atoms with Gasteiger partial charge < -0.3 is 5.32 Å². The first-order chi connectivity index (χ1) is 7.13. The molecule has 3 heteroatoms. The molecule has 0 aliphatic carbocycles. The van der Waals surface area contributed by atoms with Crippen molar-refractivity contribution in [3.05, 3.63) is 47.8 Å². The van der Waals surface area contributed by atoms with E-state index in [1.54, 1.807) is 25.1 Å². The number of allylic oxidation sites excluding steroid dienone is 1. The van der Waals surface area contributed by atoms with Gasteiger partial charge in [0.15, 0.2) is 0 Å². The first-order valence-corrected chi connectivity index (χ1v) is 4.82. The van der Waals surface area contributed by atoms with Crippen molar-refractivity contribution >= 4 is 5.91 Å². The van der Waals surface area contributed by atoms with Gasteiger partial charge in [0.05, 0.1) is 6.04 Å². The number of benzene rings is 1. The summed E-state index contributed by atoms with van der Waals surface area (Å²) in [5.74, 6) is -0.417. The summed E-state index contributed by atoms with van der Waals surface area (Å²) in [5.41, 5.74) is 0.884. The molecule has 0 saturated carbocycles. The van der Waals surface area contributed by atoms with Gasteiger partial charge in [0, 0.05) is 0 Å². The Balaban J connectivity index is 2.64. The second-order valence-corrected chi connectivity index (χ2v) is 3.28. The van der Waals surface area contributed by atoms with E-state index in [0.29, 0.717) is 0 Å². The van der Waals surface area contributed by atoms with E-state index >= 15 is 0 Å². The normalized spacial score (nSPS) is 12.7. The van der Waals surface area contributed by atoms with Crippen LogP contribution in [0.3, 0.4) is 0 Å². The van der Waals surface area contributed by atoms with Gasteiger partial charge >= 0.3 is 0 Å². The SMILES string of the molecule is C/C=C/C(=O)N[C@@H](C)c1ccc(F)cc1. The first-order valence-electron chi connectivity index (χ1n) is 4.82. The summed E-state index contributed by atoms with van der Waals surface area (Å²) in [6.45, 7) is 3.64. The molecule has 0 unspecified atom stereocenters. The molecule has 80 valence electrons. The molecule has 2 nitrogen and oxygen atoms in total. The molecule has 0 aliphatic heterocycles. The Labute approximate surface area is 88.8 Å². The highest BCUT2D eigenvalue weighted by atomic mass is 19.1. The van der Waals surface area contributed by atoms with Gasteiger partial charge in [0.25, 0.3) is 0 Å². The fourth-order valence-corrected chi connectivity index (χ4v) is 1.25. The van der Waals surface area contributed by atoms with Crippen LogP contribution in [0.4, 0.5) is 4.39 Å². The van der Waals surface area contributed by atoms with Crippen LogP contribution in [0.5, 0.6) is 0 Å². The molecule has 15 heavy (non-hydrogen) atoms.